The molecule has 2 aromatic rings. The monoisotopic (exact) mass is 506 g/mol. The van der Waals surface area contributed by atoms with Crippen molar-refractivity contribution in [3.05, 3.63) is 59.6 Å². The molecule has 0 aromatic heterocycles. The third-order valence-corrected chi connectivity index (χ3v) is 9.66. The first kappa shape index (κ1) is 27.8. The Morgan fingerprint density at radius 1 is 0.794 bits per heavy atom. The molecule has 0 radical (unpaired) electrons. The van der Waals surface area contributed by atoms with E-state index in [1.807, 2.05) is 20.8 Å². The molecule has 0 spiro atoms. The van der Waals surface area contributed by atoms with Crippen LogP contribution in [0.1, 0.15) is 71.8 Å². The Kier molecular flexibility index (Phi) is 9.62. The van der Waals surface area contributed by atoms with Crippen molar-refractivity contribution in [1.82, 2.24) is 0 Å². The maximum Gasteiger partial charge on any atom is 0.504 e. The fraction of sp³-hybridized carbons (Fsp3) is 0.480. The first-order valence-electron chi connectivity index (χ1n) is 11.5. The van der Waals surface area contributed by atoms with Crippen molar-refractivity contribution in [3.8, 4) is 5.75 Å². The van der Waals surface area contributed by atoms with Crippen LogP contribution in [-0.2, 0) is 25.1 Å². The van der Waals surface area contributed by atoms with Crippen LogP contribution in [0.5, 0.6) is 5.75 Å². The van der Waals surface area contributed by atoms with Gasteiger partial charge in [-0.1, -0.05) is 71.9 Å². The Hall–Kier alpha value is -2.48. The minimum Gasteiger partial charge on any atom is -0.494 e. The van der Waals surface area contributed by atoms with E-state index in [9.17, 15) is 22.4 Å². The molecule has 0 amide bonds. The topological polar surface area (TPSA) is 114 Å². The van der Waals surface area contributed by atoms with Gasteiger partial charge in [-0.15, -0.1) is 4.79 Å². The molecule has 0 aliphatic carbocycles. The normalized spacial score (nSPS) is 12.2. The minimum absolute atomic E-state index is 0.207. The smallest absolute Gasteiger partial charge is 0.494 e. The summed E-state index contributed by atoms with van der Waals surface area (Å²) >= 11 is 0. The lowest BCUT2D eigenvalue weighted by Gasteiger charge is -2.18. The summed E-state index contributed by atoms with van der Waals surface area (Å²) < 4.78 is 56.3. The Morgan fingerprint density at radius 2 is 1.26 bits per heavy atom. The van der Waals surface area contributed by atoms with E-state index in [0.717, 1.165) is 24.8 Å². The molecule has 2 rings (SSSR count). The zero-order valence-corrected chi connectivity index (χ0v) is 22.0. The molecule has 7 nitrogen and oxygen atoms in total. The Bertz CT molecular complexity index is 1210. The molecular weight excluding hydrogens is 472 g/mol. The zero-order chi connectivity index (χ0) is 25.4. The van der Waals surface area contributed by atoms with E-state index in [4.69, 9.17) is 4.74 Å². The number of benzene rings is 2. The molecule has 186 valence electrons. The summed E-state index contributed by atoms with van der Waals surface area (Å²) in [5.41, 5.74) is 10.1. The third kappa shape index (κ3) is 7.01. The van der Waals surface area contributed by atoms with Crippen molar-refractivity contribution in [3.63, 3.8) is 0 Å². The highest BCUT2D eigenvalue weighted by Gasteiger charge is 2.44. The fourth-order valence-corrected chi connectivity index (χ4v) is 6.71. The molecule has 34 heavy (non-hydrogen) atoms. The molecule has 0 aliphatic rings. The van der Waals surface area contributed by atoms with Crippen LogP contribution in [0.3, 0.4) is 0 Å². The van der Waals surface area contributed by atoms with Crippen LogP contribution in [-0.4, -0.2) is 32.6 Å². The van der Waals surface area contributed by atoms with Gasteiger partial charge in [-0.05, 0) is 53.8 Å². The quantitative estimate of drug-likeness (QED) is 0.138. The first-order valence-corrected chi connectivity index (χ1v) is 14.5. The standard InChI is InChI=1S/C25H34N2O5S2/c1-5-6-7-8-9-10-19-32-21-13-17-23(18-14-21)34(30,31)24(27-26)33(28,29)22-15-11-20(12-16-22)25(2,3)4/h11-18H,5-10,19H2,1-4H3. The summed E-state index contributed by atoms with van der Waals surface area (Å²) in [6.45, 7) is 8.61. The highest BCUT2D eigenvalue weighted by molar-refractivity contribution is 8.31. The van der Waals surface area contributed by atoms with Gasteiger partial charge in [0.25, 0.3) is 19.7 Å². The molecule has 0 aliphatic heterocycles. The molecule has 0 unspecified atom stereocenters. The number of ether oxygens (including phenoxy) is 1. The van der Waals surface area contributed by atoms with Gasteiger partial charge in [0, 0.05) is 0 Å². The second kappa shape index (κ2) is 11.8. The SMILES string of the molecule is CCCCCCCCOc1ccc(S(=O)(=O)C(=[N+]=[N-])S(=O)(=O)c2ccc(C(C)(C)C)cc2)cc1. The number of rotatable bonds is 10. The largest absolute Gasteiger partial charge is 0.504 e. The van der Waals surface area contributed by atoms with E-state index in [1.165, 1.54) is 55.7 Å². The zero-order valence-electron chi connectivity index (χ0n) is 20.3. The van der Waals surface area contributed by atoms with Gasteiger partial charge in [-0.2, -0.15) is 0 Å². The van der Waals surface area contributed by atoms with Gasteiger partial charge in [-0.3, -0.25) is 0 Å². The van der Waals surface area contributed by atoms with E-state index in [2.05, 4.69) is 11.7 Å². The van der Waals surface area contributed by atoms with Gasteiger partial charge in [0.1, 0.15) is 5.75 Å². The summed E-state index contributed by atoms with van der Waals surface area (Å²) in [6.07, 6.45) is 6.76. The van der Waals surface area contributed by atoms with Crippen LogP contribution >= 0.6 is 0 Å². The summed E-state index contributed by atoms with van der Waals surface area (Å²) in [6, 6.07) is 11.3. The van der Waals surface area contributed by atoms with Crippen molar-refractivity contribution in [2.45, 2.75) is 81.4 Å². The van der Waals surface area contributed by atoms with Crippen molar-refractivity contribution in [1.29, 1.82) is 0 Å². The summed E-state index contributed by atoms with van der Waals surface area (Å²) in [4.78, 5) is 2.11. The summed E-state index contributed by atoms with van der Waals surface area (Å²) in [5.74, 6) is 0.482. The van der Waals surface area contributed by atoms with Gasteiger partial charge in [0.15, 0.2) is 0 Å². The van der Waals surface area contributed by atoms with Crippen LogP contribution in [0.25, 0.3) is 5.53 Å². The predicted molar refractivity (Wildman–Crippen MR) is 133 cm³/mol. The van der Waals surface area contributed by atoms with Crippen molar-refractivity contribution >= 4 is 24.1 Å². The van der Waals surface area contributed by atoms with E-state index in [-0.39, 0.29) is 15.2 Å². The molecule has 9 heteroatoms. The van der Waals surface area contributed by atoms with E-state index in [1.54, 1.807) is 12.1 Å². The highest BCUT2D eigenvalue weighted by atomic mass is 32.3. The van der Waals surface area contributed by atoms with Crippen LogP contribution in [0, 0.1) is 0 Å². The van der Waals surface area contributed by atoms with Crippen molar-refractivity contribution < 1.29 is 26.4 Å². The average Bonchev–Trinajstić information content (AvgIpc) is 2.78. The molecule has 2 aromatic carbocycles. The molecule has 0 heterocycles. The maximum atomic E-state index is 13.0. The number of unbranched alkanes of at least 4 members (excludes halogenated alkanes) is 5. The van der Waals surface area contributed by atoms with Gasteiger partial charge in [0.2, 0.25) is 0 Å². The van der Waals surface area contributed by atoms with Gasteiger partial charge < -0.3 is 10.3 Å². The highest BCUT2D eigenvalue weighted by Crippen LogP contribution is 2.26. The number of hydrogen-bond donors (Lipinski definition) is 0. The van der Waals surface area contributed by atoms with Crippen LogP contribution in [0.2, 0.25) is 0 Å². The van der Waals surface area contributed by atoms with E-state index < -0.39 is 24.1 Å². The van der Waals surface area contributed by atoms with Crippen molar-refractivity contribution in [2.24, 2.45) is 0 Å². The first-order chi connectivity index (χ1) is 15.9. The van der Waals surface area contributed by atoms with Crippen LogP contribution < -0.4 is 4.74 Å². The van der Waals surface area contributed by atoms with E-state index >= 15 is 0 Å². The number of nitrogens with zero attached hydrogens (tertiary/aromatic N) is 2. The molecule has 0 fully saturated rings. The third-order valence-electron chi connectivity index (χ3n) is 5.47. The van der Waals surface area contributed by atoms with Gasteiger partial charge in [0.05, 0.1) is 16.4 Å². The summed E-state index contributed by atoms with van der Waals surface area (Å²) in [5, 5.41) is 0. The lowest BCUT2D eigenvalue weighted by Crippen LogP contribution is -2.26. The molecule has 0 saturated carbocycles. The van der Waals surface area contributed by atoms with Crippen LogP contribution in [0.4, 0.5) is 0 Å². The summed E-state index contributed by atoms with van der Waals surface area (Å²) in [7, 11) is -9.17. The Labute approximate surface area is 203 Å². The molecule has 0 atom stereocenters. The predicted octanol–water partition coefficient (Wildman–Crippen LogP) is 5.56. The van der Waals surface area contributed by atoms with Crippen molar-refractivity contribution in [2.75, 3.05) is 6.61 Å². The average molecular weight is 507 g/mol. The number of hydrogen-bond acceptors (Lipinski definition) is 5. The Morgan fingerprint density at radius 3 is 1.74 bits per heavy atom. The number of sulfone groups is 2. The Balaban J connectivity index is 2.15. The van der Waals surface area contributed by atoms with E-state index in [0.29, 0.717) is 12.4 Å². The molecule has 0 N–H and O–H groups in total. The fourth-order valence-electron chi connectivity index (χ4n) is 3.38. The second-order valence-electron chi connectivity index (χ2n) is 9.23. The van der Waals surface area contributed by atoms with Gasteiger partial charge in [-0.25, -0.2) is 16.8 Å². The lowest BCUT2D eigenvalue weighted by atomic mass is 9.87. The molecule has 0 saturated heterocycles. The molecular formula is C25H34N2O5S2. The maximum absolute atomic E-state index is 13.0. The lowest BCUT2D eigenvalue weighted by molar-refractivity contribution is 0.00380. The van der Waals surface area contributed by atoms with Crippen LogP contribution in [0.15, 0.2) is 58.3 Å². The second-order valence-corrected chi connectivity index (χ2v) is 13.2. The minimum atomic E-state index is -4.59. The van der Waals surface area contributed by atoms with Gasteiger partial charge >= 0.3 is 4.38 Å². The molecule has 0 bridgehead atoms.